The van der Waals surface area contributed by atoms with Crippen molar-refractivity contribution in [3.63, 3.8) is 0 Å². The third-order valence-corrected chi connectivity index (χ3v) is 3.33. The number of ether oxygens (including phenoxy) is 1. The van der Waals surface area contributed by atoms with Crippen LogP contribution in [-0.4, -0.2) is 32.8 Å². The van der Waals surface area contributed by atoms with Crippen LogP contribution >= 0.6 is 0 Å². The van der Waals surface area contributed by atoms with Crippen LogP contribution < -0.4 is 5.32 Å². The molecule has 3 heterocycles. The number of nitrogens with zero attached hydrogens (tertiary/aromatic N) is 3. The molecule has 102 valence electrons. The molecule has 0 spiro atoms. The number of pyridine rings is 1. The van der Waals surface area contributed by atoms with Gasteiger partial charge in [0.25, 0.3) is 0 Å². The summed E-state index contributed by atoms with van der Waals surface area (Å²) in [6, 6.07) is 3.28. The van der Waals surface area contributed by atoms with E-state index in [0.29, 0.717) is 11.6 Å². The van der Waals surface area contributed by atoms with Gasteiger partial charge in [-0.05, 0) is 38.8 Å². The van der Waals surface area contributed by atoms with Crippen molar-refractivity contribution in [3.05, 3.63) is 24.1 Å². The number of rotatable bonds is 2. The number of halogens is 1. The highest BCUT2D eigenvalue weighted by atomic mass is 19.1. The normalized spacial score (nSPS) is 22.6. The van der Waals surface area contributed by atoms with Crippen LogP contribution in [-0.2, 0) is 4.74 Å². The second kappa shape index (κ2) is 4.45. The predicted octanol–water partition coefficient (Wildman–Crippen LogP) is 2.24. The van der Waals surface area contributed by atoms with Crippen molar-refractivity contribution >= 4 is 11.6 Å². The van der Waals surface area contributed by atoms with Crippen molar-refractivity contribution < 1.29 is 9.13 Å². The molecule has 19 heavy (non-hydrogen) atoms. The number of nitrogens with one attached hydrogen (secondary N) is 1. The molecule has 0 saturated carbocycles. The van der Waals surface area contributed by atoms with Crippen molar-refractivity contribution in [2.24, 2.45) is 0 Å². The van der Waals surface area contributed by atoms with Gasteiger partial charge >= 0.3 is 0 Å². The largest absolute Gasteiger partial charge is 0.375 e. The Kier molecular flexibility index (Phi) is 2.89. The van der Waals surface area contributed by atoms with Crippen molar-refractivity contribution in [1.82, 2.24) is 14.6 Å². The van der Waals surface area contributed by atoms with Crippen LogP contribution in [0.2, 0.25) is 0 Å². The zero-order chi connectivity index (χ0) is 13.5. The molecule has 1 unspecified atom stereocenters. The maximum Gasteiger partial charge on any atom is 0.243 e. The minimum absolute atomic E-state index is 0.124. The van der Waals surface area contributed by atoms with Gasteiger partial charge in [-0.15, -0.1) is 5.10 Å². The number of aromatic nitrogens is 3. The van der Waals surface area contributed by atoms with E-state index in [0.717, 1.165) is 19.4 Å². The molecular weight excluding hydrogens is 247 g/mol. The standard InChI is InChI=1S/C13H17FN4O/c1-13(2)7-10(5-6-19-13)15-12-16-11-4-3-9(14)8-18(11)17-12/h3-4,8,10H,5-7H2,1-2H3,(H,15,17). The summed E-state index contributed by atoms with van der Waals surface area (Å²) in [5.41, 5.74) is 0.511. The summed E-state index contributed by atoms with van der Waals surface area (Å²) in [6.45, 7) is 4.88. The molecule has 0 bridgehead atoms. The Labute approximate surface area is 110 Å². The van der Waals surface area contributed by atoms with Crippen molar-refractivity contribution in [2.45, 2.75) is 38.3 Å². The molecule has 0 amide bonds. The summed E-state index contributed by atoms with van der Waals surface area (Å²) in [4.78, 5) is 4.33. The van der Waals surface area contributed by atoms with Crippen LogP contribution in [0.3, 0.4) is 0 Å². The van der Waals surface area contributed by atoms with Crippen LogP contribution in [0.15, 0.2) is 18.3 Å². The molecule has 1 fully saturated rings. The summed E-state index contributed by atoms with van der Waals surface area (Å²) >= 11 is 0. The average molecular weight is 264 g/mol. The van der Waals surface area contributed by atoms with E-state index in [4.69, 9.17) is 4.74 Å². The summed E-state index contributed by atoms with van der Waals surface area (Å²) in [7, 11) is 0. The Morgan fingerprint density at radius 3 is 3.11 bits per heavy atom. The first kappa shape index (κ1) is 12.3. The molecule has 2 aromatic rings. The lowest BCUT2D eigenvalue weighted by atomic mass is 9.94. The Bertz CT molecular complexity index is 595. The fourth-order valence-electron chi connectivity index (χ4n) is 2.46. The lowest BCUT2D eigenvalue weighted by molar-refractivity contribution is -0.0553. The Morgan fingerprint density at radius 1 is 1.47 bits per heavy atom. The third kappa shape index (κ3) is 2.68. The van der Waals surface area contributed by atoms with Gasteiger partial charge in [-0.2, -0.15) is 4.98 Å². The SMILES string of the molecule is CC1(C)CC(Nc2nc3ccc(F)cn3n2)CCO1. The van der Waals surface area contributed by atoms with Crippen LogP contribution in [0.1, 0.15) is 26.7 Å². The van der Waals surface area contributed by atoms with Gasteiger partial charge in [0.2, 0.25) is 5.95 Å². The summed E-state index contributed by atoms with van der Waals surface area (Å²) in [6.07, 6.45) is 3.14. The summed E-state index contributed by atoms with van der Waals surface area (Å²) in [5.74, 6) is 0.212. The van der Waals surface area contributed by atoms with Gasteiger partial charge in [-0.1, -0.05) is 0 Å². The third-order valence-electron chi connectivity index (χ3n) is 3.33. The quantitative estimate of drug-likeness (QED) is 0.903. The minimum Gasteiger partial charge on any atom is -0.375 e. The molecule has 1 aliphatic heterocycles. The topological polar surface area (TPSA) is 51.5 Å². The highest BCUT2D eigenvalue weighted by Gasteiger charge is 2.29. The van der Waals surface area contributed by atoms with Crippen LogP contribution in [0.25, 0.3) is 5.65 Å². The molecule has 0 aromatic carbocycles. The van der Waals surface area contributed by atoms with Gasteiger partial charge in [0.15, 0.2) is 5.65 Å². The molecule has 1 atom stereocenters. The molecule has 1 N–H and O–H groups in total. The average Bonchev–Trinajstić information content (AvgIpc) is 2.68. The molecule has 0 radical (unpaired) electrons. The maximum absolute atomic E-state index is 13.1. The fourth-order valence-corrected chi connectivity index (χ4v) is 2.46. The Balaban J connectivity index is 1.77. The minimum atomic E-state index is -0.323. The van der Waals surface area contributed by atoms with Crippen molar-refractivity contribution in [3.8, 4) is 0 Å². The summed E-state index contributed by atoms with van der Waals surface area (Å²) in [5, 5.41) is 7.53. The zero-order valence-electron chi connectivity index (χ0n) is 11.1. The predicted molar refractivity (Wildman–Crippen MR) is 69.6 cm³/mol. The number of fused-ring (bicyclic) bond motifs is 1. The van der Waals surface area contributed by atoms with Gasteiger partial charge < -0.3 is 10.1 Å². The molecule has 1 saturated heterocycles. The van der Waals surface area contributed by atoms with Crippen LogP contribution in [0, 0.1) is 5.82 Å². The second-order valence-corrected chi connectivity index (χ2v) is 5.53. The lowest BCUT2D eigenvalue weighted by Gasteiger charge is -2.35. The number of anilines is 1. The van der Waals surface area contributed by atoms with E-state index in [1.54, 1.807) is 6.07 Å². The highest BCUT2D eigenvalue weighted by molar-refractivity contribution is 5.43. The molecule has 6 heteroatoms. The van der Waals surface area contributed by atoms with Gasteiger partial charge in [-0.25, -0.2) is 8.91 Å². The van der Waals surface area contributed by atoms with E-state index in [-0.39, 0.29) is 17.5 Å². The fraction of sp³-hybridized carbons (Fsp3) is 0.538. The van der Waals surface area contributed by atoms with Gasteiger partial charge in [0, 0.05) is 12.6 Å². The van der Waals surface area contributed by atoms with Crippen molar-refractivity contribution in [2.75, 3.05) is 11.9 Å². The molecular formula is C13H17FN4O. The smallest absolute Gasteiger partial charge is 0.243 e. The van der Waals surface area contributed by atoms with E-state index in [1.165, 1.54) is 16.8 Å². The second-order valence-electron chi connectivity index (χ2n) is 5.53. The van der Waals surface area contributed by atoms with Crippen LogP contribution in [0.5, 0.6) is 0 Å². The van der Waals surface area contributed by atoms with E-state index in [2.05, 4.69) is 29.2 Å². The molecule has 0 aliphatic carbocycles. The van der Waals surface area contributed by atoms with E-state index in [1.807, 2.05) is 0 Å². The van der Waals surface area contributed by atoms with E-state index < -0.39 is 0 Å². The van der Waals surface area contributed by atoms with Crippen molar-refractivity contribution in [1.29, 1.82) is 0 Å². The number of hydrogen-bond acceptors (Lipinski definition) is 4. The zero-order valence-corrected chi connectivity index (χ0v) is 11.1. The Morgan fingerprint density at radius 2 is 2.32 bits per heavy atom. The first-order valence-electron chi connectivity index (χ1n) is 6.44. The van der Waals surface area contributed by atoms with Gasteiger partial charge in [-0.3, -0.25) is 0 Å². The lowest BCUT2D eigenvalue weighted by Crippen LogP contribution is -2.40. The number of hydrogen-bond donors (Lipinski definition) is 1. The molecule has 5 nitrogen and oxygen atoms in total. The van der Waals surface area contributed by atoms with Gasteiger partial charge in [0.1, 0.15) is 5.82 Å². The molecule has 2 aromatic heterocycles. The van der Waals surface area contributed by atoms with Crippen LogP contribution in [0.4, 0.5) is 10.3 Å². The first-order chi connectivity index (χ1) is 9.02. The summed E-state index contributed by atoms with van der Waals surface area (Å²) < 4.78 is 20.2. The van der Waals surface area contributed by atoms with E-state index >= 15 is 0 Å². The highest BCUT2D eigenvalue weighted by Crippen LogP contribution is 2.25. The monoisotopic (exact) mass is 264 g/mol. The maximum atomic E-state index is 13.1. The Hall–Kier alpha value is -1.69. The van der Waals surface area contributed by atoms with Gasteiger partial charge in [0.05, 0.1) is 11.8 Å². The molecule has 3 rings (SSSR count). The van der Waals surface area contributed by atoms with E-state index in [9.17, 15) is 4.39 Å². The molecule has 1 aliphatic rings. The first-order valence-corrected chi connectivity index (χ1v) is 6.44.